The fraction of sp³-hybridized carbons (Fsp3) is 0.100. The SMILES string of the molecule is C#Cc1ccc(NS(C)(=O)=O)cc1C(=O)O. The number of carboxylic acids is 1. The number of benzene rings is 1. The highest BCUT2D eigenvalue weighted by molar-refractivity contribution is 7.92. The molecule has 84 valence electrons. The molecule has 0 atom stereocenters. The molecule has 0 aromatic heterocycles. The van der Waals surface area contributed by atoms with Crippen LogP contribution in [-0.2, 0) is 10.0 Å². The van der Waals surface area contributed by atoms with Crippen LogP contribution in [0.3, 0.4) is 0 Å². The molecule has 0 radical (unpaired) electrons. The van der Waals surface area contributed by atoms with Crippen molar-refractivity contribution in [2.24, 2.45) is 0 Å². The molecule has 0 bridgehead atoms. The molecule has 0 saturated carbocycles. The number of terminal acetylenes is 1. The van der Waals surface area contributed by atoms with Crippen LogP contribution in [0, 0.1) is 12.3 Å². The topological polar surface area (TPSA) is 83.5 Å². The van der Waals surface area contributed by atoms with Crippen LogP contribution in [0.5, 0.6) is 0 Å². The predicted molar refractivity (Wildman–Crippen MR) is 59.8 cm³/mol. The molecule has 1 aromatic carbocycles. The van der Waals surface area contributed by atoms with E-state index in [0.717, 1.165) is 6.26 Å². The summed E-state index contributed by atoms with van der Waals surface area (Å²) < 4.78 is 24.0. The van der Waals surface area contributed by atoms with Gasteiger partial charge in [-0.15, -0.1) is 6.42 Å². The van der Waals surface area contributed by atoms with E-state index < -0.39 is 16.0 Å². The number of carboxylic acid groups (broad SMARTS) is 1. The Kier molecular flexibility index (Phi) is 3.20. The average Bonchev–Trinajstić information content (AvgIpc) is 2.15. The van der Waals surface area contributed by atoms with Gasteiger partial charge in [-0.05, 0) is 18.2 Å². The summed E-state index contributed by atoms with van der Waals surface area (Å²) in [5, 5.41) is 8.85. The highest BCUT2D eigenvalue weighted by Crippen LogP contribution is 2.16. The maximum Gasteiger partial charge on any atom is 0.337 e. The van der Waals surface area contributed by atoms with E-state index in [1.165, 1.54) is 18.2 Å². The van der Waals surface area contributed by atoms with Crippen molar-refractivity contribution in [1.82, 2.24) is 0 Å². The van der Waals surface area contributed by atoms with Crippen LogP contribution in [-0.4, -0.2) is 25.7 Å². The quantitative estimate of drug-likeness (QED) is 0.762. The Labute approximate surface area is 93.2 Å². The second kappa shape index (κ2) is 4.24. The molecule has 2 N–H and O–H groups in total. The fourth-order valence-electron chi connectivity index (χ4n) is 1.12. The first-order chi connectivity index (χ1) is 7.33. The maximum atomic E-state index is 10.9. The van der Waals surface area contributed by atoms with Crippen molar-refractivity contribution in [1.29, 1.82) is 0 Å². The van der Waals surface area contributed by atoms with Crippen LogP contribution < -0.4 is 4.72 Å². The van der Waals surface area contributed by atoms with E-state index in [1.54, 1.807) is 0 Å². The fourth-order valence-corrected chi connectivity index (χ4v) is 1.68. The van der Waals surface area contributed by atoms with Gasteiger partial charge in [0.05, 0.1) is 11.8 Å². The van der Waals surface area contributed by atoms with E-state index >= 15 is 0 Å². The van der Waals surface area contributed by atoms with Gasteiger partial charge in [-0.1, -0.05) is 5.92 Å². The lowest BCUT2D eigenvalue weighted by atomic mass is 10.1. The van der Waals surface area contributed by atoms with Crippen LogP contribution in [0.4, 0.5) is 5.69 Å². The van der Waals surface area contributed by atoms with E-state index in [4.69, 9.17) is 11.5 Å². The number of anilines is 1. The van der Waals surface area contributed by atoms with Gasteiger partial charge in [-0.25, -0.2) is 13.2 Å². The molecule has 0 spiro atoms. The lowest BCUT2D eigenvalue weighted by Gasteiger charge is -2.06. The Balaban J connectivity index is 3.24. The third-order valence-electron chi connectivity index (χ3n) is 1.71. The molecule has 6 heteroatoms. The number of aromatic carboxylic acids is 1. The number of sulfonamides is 1. The van der Waals surface area contributed by atoms with Crippen molar-refractivity contribution >= 4 is 21.7 Å². The van der Waals surface area contributed by atoms with Crippen molar-refractivity contribution < 1.29 is 18.3 Å². The Morgan fingerprint density at radius 3 is 2.56 bits per heavy atom. The Morgan fingerprint density at radius 2 is 2.12 bits per heavy atom. The summed E-state index contributed by atoms with van der Waals surface area (Å²) in [6.07, 6.45) is 6.09. The summed E-state index contributed by atoms with van der Waals surface area (Å²) >= 11 is 0. The summed E-state index contributed by atoms with van der Waals surface area (Å²) in [4.78, 5) is 10.8. The summed E-state index contributed by atoms with van der Waals surface area (Å²) in [5.41, 5.74) is 0.251. The Morgan fingerprint density at radius 1 is 1.50 bits per heavy atom. The first-order valence-corrected chi connectivity index (χ1v) is 6.04. The third-order valence-corrected chi connectivity index (χ3v) is 2.32. The number of hydrogen-bond acceptors (Lipinski definition) is 3. The van der Waals surface area contributed by atoms with Gasteiger partial charge in [0.2, 0.25) is 10.0 Å². The summed E-state index contributed by atoms with van der Waals surface area (Å²) in [7, 11) is -3.43. The second-order valence-electron chi connectivity index (χ2n) is 3.08. The minimum Gasteiger partial charge on any atom is -0.478 e. The molecule has 0 amide bonds. The molecule has 0 aliphatic carbocycles. The van der Waals surface area contributed by atoms with Gasteiger partial charge < -0.3 is 5.11 Å². The Bertz CT molecular complexity index is 569. The smallest absolute Gasteiger partial charge is 0.337 e. The molecular formula is C10H9NO4S. The number of rotatable bonds is 3. The molecule has 5 nitrogen and oxygen atoms in total. The number of carbonyl (C=O) groups is 1. The van der Waals surface area contributed by atoms with Gasteiger partial charge in [0.1, 0.15) is 0 Å². The van der Waals surface area contributed by atoms with E-state index in [1.807, 2.05) is 0 Å². The minimum atomic E-state index is -3.43. The van der Waals surface area contributed by atoms with Crippen molar-refractivity contribution in [3.63, 3.8) is 0 Å². The van der Waals surface area contributed by atoms with E-state index in [2.05, 4.69) is 10.6 Å². The van der Waals surface area contributed by atoms with Crippen LogP contribution in [0.15, 0.2) is 18.2 Å². The van der Waals surface area contributed by atoms with E-state index in [9.17, 15) is 13.2 Å². The largest absolute Gasteiger partial charge is 0.478 e. The second-order valence-corrected chi connectivity index (χ2v) is 4.83. The van der Waals surface area contributed by atoms with Gasteiger partial charge in [0.25, 0.3) is 0 Å². The number of hydrogen-bond donors (Lipinski definition) is 2. The van der Waals surface area contributed by atoms with Gasteiger partial charge in [-0.2, -0.15) is 0 Å². The molecule has 0 aliphatic heterocycles. The normalized spacial score (nSPS) is 10.5. The van der Waals surface area contributed by atoms with E-state index in [-0.39, 0.29) is 16.8 Å². The van der Waals surface area contributed by atoms with Crippen molar-refractivity contribution in [2.45, 2.75) is 0 Å². The molecule has 0 fully saturated rings. The molecular weight excluding hydrogens is 230 g/mol. The summed E-state index contributed by atoms with van der Waals surface area (Å²) in [5.74, 6) is 1.01. The van der Waals surface area contributed by atoms with Gasteiger partial charge in [0.15, 0.2) is 0 Å². The van der Waals surface area contributed by atoms with Gasteiger partial charge in [-0.3, -0.25) is 4.72 Å². The van der Waals surface area contributed by atoms with Crippen LogP contribution in [0.1, 0.15) is 15.9 Å². The predicted octanol–water partition coefficient (Wildman–Crippen LogP) is 0.738. The van der Waals surface area contributed by atoms with Crippen molar-refractivity contribution in [3.8, 4) is 12.3 Å². The van der Waals surface area contributed by atoms with Crippen molar-refractivity contribution in [2.75, 3.05) is 11.0 Å². The van der Waals surface area contributed by atoms with Gasteiger partial charge in [0, 0.05) is 11.3 Å². The third kappa shape index (κ3) is 3.00. The maximum absolute atomic E-state index is 10.9. The summed E-state index contributed by atoms with van der Waals surface area (Å²) in [6, 6.07) is 3.96. The summed E-state index contributed by atoms with van der Waals surface area (Å²) in [6.45, 7) is 0. The lowest BCUT2D eigenvalue weighted by molar-refractivity contribution is 0.0696. The zero-order chi connectivity index (χ0) is 12.3. The van der Waals surface area contributed by atoms with Crippen molar-refractivity contribution in [3.05, 3.63) is 29.3 Å². The molecule has 0 heterocycles. The van der Waals surface area contributed by atoms with Crippen LogP contribution >= 0.6 is 0 Å². The highest BCUT2D eigenvalue weighted by Gasteiger charge is 2.11. The van der Waals surface area contributed by atoms with Crippen LogP contribution in [0.2, 0.25) is 0 Å². The van der Waals surface area contributed by atoms with Gasteiger partial charge >= 0.3 is 5.97 Å². The molecule has 0 aliphatic rings. The molecule has 1 rings (SSSR count). The van der Waals surface area contributed by atoms with Crippen LogP contribution in [0.25, 0.3) is 0 Å². The zero-order valence-electron chi connectivity index (χ0n) is 8.39. The Hall–Kier alpha value is -2.00. The molecule has 16 heavy (non-hydrogen) atoms. The first-order valence-electron chi connectivity index (χ1n) is 4.15. The van der Waals surface area contributed by atoms with E-state index in [0.29, 0.717) is 0 Å². The zero-order valence-corrected chi connectivity index (χ0v) is 9.21. The molecule has 0 unspecified atom stereocenters. The minimum absolute atomic E-state index is 0.115. The lowest BCUT2D eigenvalue weighted by Crippen LogP contribution is -2.10. The monoisotopic (exact) mass is 239 g/mol. The molecule has 0 saturated heterocycles. The molecule has 1 aromatic rings. The standard InChI is InChI=1S/C10H9NO4S/c1-3-7-4-5-8(11-16(2,14)15)6-9(7)10(12)13/h1,4-6,11H,2H3,(H,12,13). The number of nitrogens with one attached hydrogen (secondary N) is 1. The first kappa shape index (κ1) is 12.1. The average molecular weight is 239 g/mol. The highest BCUT2D eigenvalue weighted by atomic mass is 32.2.